The molecule has 0 aromatic heterocycles. The van der Waals surface area contributed by atoms with Crippen LogP contribution in [-0.4, -0.2) is 34.8 Å². The molecule has 0 spiro atoms. The summed E-state index contributed by atoms with van der Waals surface area (Å²) in [5, 5.41) is 2.84. The first-order chi connectivity index (χ1) is 8.70. The Balaban J connectivity index is 2.96. The van der Waals surface area contributed by atoms with E-state index in [1.54, 1.807) is 18.7 Å². The highest BCUT2D eigenvalue weighted by Crippen LogP contribution is 2.24. The zero-order valence-electron chi connectivity index (χ0n) is 13.1. The predicted molar refractivity (Wildman–Crippen MR) is 76.6 cm³/mol. The van der Waals surface area contributed by atoms with E-state index in [9.17, 15) is 9.59 Å². The quantitative estimate of drug-likeness (QED) is 0.831. The van der Waals surface area contributed by atoms with Gasteiger partial charge < -0.3 is 10.2 Å². The Labute approximate surface area is 116 Å². The fourth-order valence-corrected chi connectivity index (χ4v) is 2.84. The van der Waals surface area contributed by atoms with Crippen molar-refractivity contribution < 1.29 is 9.59 Å². The average molecular weight is 268 g/mol. The van der Waals surface area contributed by atoms with Gasteiger partial charge in [-0.15, -0.1) is 0 Å². The topological polar surface area (TPSA) is 49.4 Å². The van der Waals surface area contributed by atoms with Gasteiger partial charge in [0.25, 0.3) is 0 Å². The summed E-state index contributed by atoms with van der Waals surface area (Å²) in [7, 11) is 0. The standard InChI is InChI=1S/C15H28N2O2/c1-7-8-11(4)9-17-12(10(2)3)13(18)16-15(5,6)14(17)19/h10-12H,7-9H2,1-6H3,(H,16,18). The van der Waals surface area contributed by atoms with Crippen molar-refractivity contribution in [3.63, 3.8) is 0 Å². The summed E-state index contributed by atoms with van der Waals surface area (Å²) in [6.45, 7) is 12.5. The van der Waals surface area contributed by atoms with Crippen molar-refractivity contribution in [1.82, 2.24) is 10.2 Å². The lowest BCUT2D eigenvalue weighted by Gasteiger charge is -2.45. The van der Waals surface area contributed by atoms with E-state index in [0.717, 1.165) is 12.8 Å². The first kappa shape index (κ1) is 16.0. The summed E-state index contributed by atoms with van der Waals surface area (Å²) in [6.07, 6.45) is 2.18. The van der Waals surface area contributed by atoms with Crippen molar-refractivity contribution in [1.29, 1.82) is 0 Å². The molecule has 4 heteroatoms. The highest BCUT2D eigenvalue weighted by molar-refractivity contribution is 5.99. The lowest BCUT2D eigenvalue weighted by Crippen LogP contribution is -2.69. The molecule has 0 radical (unpaired) electrons. The monoisotopic (exact) mass is 268 g/mol. The summed E-state index contributed by atoms with van der Waals surface area (Å²) in [6, 6.07) is -0.333. The molecule has 0 bridgehead atoms. The molecule has 19 heavy (non-hydrogen) atoms. The van der Waals surface area contributed by atoms with Crippen LogP contribution in [0.2, 0.25) is 0 Å². The molecule has 2 amide bonds. The zero-order chi connectivity index (χ0) is 14.8. The average Bonchev–Trinajstić information content (AvgIpc) is 2.24. The van der Waals surface area contributed by atoms with Crippen LogP contribution in [0, 0.1) is 11.8 Å². The van der Waals surface area contributed by atoms with Crippen molar-refractivity contribution in [2.45, 2.75) is 66.0 Å². The van der Waals surface area contributed by atoms with Gasteiger partial charge in [0.05, 0.1) is 0 Å². The molecule has 1 aliphatic heterocycles. The summed E-state index contributed by atoms with van der Waals surface area (Å²) in [5.74, 6) is 0.572. The van der Waals surface area contributed by atoms with Crippen LogP contribution < -0.4 is 5.32 Å². The fourth-order valence-electron chi connectivity index (χ4n) is 2.84. The second-order valence-corrected chi connectivity index (χ2v) is 6.65. The highest BCUT2D eigenvalue weighted by Gasteiger charge is 2.46. The summed E-state index contributed by atoms with van der Waals surface area (Å²) in [4.78, 5) is 26.6. The molecular weight excluding hydrogens is 240 g/mol. The Bertz CT molecular complexity index is 350. The van der Waals surface area contributed by atoms with Crippen molar-refractivity contribution >= 4 is 11.8 Å². The molecule has 110 valence electrons. The third-order valence-corrected chi connectivity index (χ3v) is 3.76. The van der Waals surface area contributed by atoms with Gasteiger partial charge in [-0.25, -0.2) is 0 Å². The number of nitrogens with one attached hydrogen (secondary N) is 1. The van der Waals surface area contributed by atoms with Gasteiger partial charge in [-0.2, -0.15) is 0 Å². The Hall–Kier alpha value is -1.06. The minimum atomic E-state index is -0.783. The van der Waals surface area contributed by atoms with Gasteiger partial charge in [-0.1, -0.05) is 34.1 Å². The second-order valence-electron chi connectivity index (χ2n) is 6.65. The van der Waals surface area contributed by atoms with Crippen molar-refractivity contribution in [3.05, 3.63) is 0 Å². The van der Waals surface area contributed by atoms with Gasteiger partial charge in [0.1, 0.15) is 11.6 Å². The molecule has 2 unspecified atom stereocenters. The maximum atomic E-state index is 12.6. The van der Waals surface area contributed by atoms with E-state index < -0.39 is 5.54 Å². The first-order valence-corrected chi connectivity index (χ1v) is 7.33. The van der Waals surface area contributed by atoms with E-state index in [0.29, 0.717) is 12.5 Å². The molecule has 1 aliphatic rings. The largest absolute Gasteiger partial charge is 0.340 e. The number of carbonyl (C=O) groups excluding carboxylic acids is 2. The van der Waals surface area contributed by atoms with Crippen molar-refractivity contribution in [2.24, 2.45) is 11.8 Å². The Morgan fingerprint density at radius 2 is 1.84 bits per heavy atom. The van der Waals surface area contributed by atoms with Crippen molar-refractivity contribution in [2.75, 3.05) is 6.54 Å². The van der Waals surface area contributed by atoms with Gasteiger partial charge >= 0.3 is 0 Å². The second kappa shape index (κ2) is 5.93. The van der Waals surface area contributed by atoms with E-state index in [4.69, 9.17) is 0 Å². The fraction of sp³-hybridized carbons (Fsp3) is 0.867. The lowest BCUT2D eigenvalue weighted by molar-refractivity contribution is -0.156. The van der Waals surface area contributed by atoms with Crippen LogP contribution in [0.1, 0.15) is 54.4 Å². The molecular formula is C15H28N2O2. The van der Waals surface area contributed by atoms with Gasteiger partial charge in [0.2, 0.25) is 11.8 Å². The molecule has 1 N–H and O–H groups in total. The minimum absolute atomic E-state index is 0.0247. The number of piperazine rings is 1. The van der Waals surface area contributed by atoms with E-state index in [1.807, 2.05) is 13.8 Å². The smallest absolute Gasteiger partial charge is 0.248 e. The number of carbonyl (C=O) groups is 2. The molecule has 1 fully saturated rings. The highest BCUT2D eigenvalue weighted by atomic mass is 16.2. The van der Waals surface area contributed by atoms with Gasteiger partial charge in [0, 0.05) is 6.54 Å². The Kier molecular flexibility index (Phi) is 4.99. The molecule has 0 aliphatic carbocycles. The zero-order valence-corrected chi connectivity index (χ0v) is 13.1. The summed E-state index contributed by atoms with van der Waals surface area (Å²) in [5.41, 5.74) is -0.783. The molecule has 2 atom stereocenters. The minimum Gasteiger partial charge on any atom is -0.340 e. The lowest BCUT2D eigenvalue weighted by atomic mass is 9.90. The normalized spacial score (nSPS) is 24.6. The number of hydrogen-bond acceptors (Lipinski definition) is 2. The van der Waals surface area contributed by atoms with Crippen LogP contribution in [-0.2, 0) is 9.59 Å². The molecule has 1 saturated heterocycles. The van der Waals surface area contributed by atoms with Gasteiger partial charge in [0.15, 0.2) is 0 Å². The molecule has 0 aromatic carbocycles. The first-order valence-electron chi connectivity index (χ1n) is 7.33. The van der Waals surface area contributed by atoms with E-state index in [2.05, 4.69) is 19.2 Å². The number of hydrogen-bond donors (Lipinski definition) is 1. The van der Waals surface area contributed by atoms with Crippen LogP contribution >= 0.6 is 0 Å². The molecule has 1 rings (SSSR count). The summed E-state index contributed by atoms with van der Waals surface area (Å²) >= 11 is 0. The Morgan fingerprint density at radius 3 is 2.32 bits per heavy atom. The van der Waals surface area contributed by atoms with E-state index in [1.165, 1.54) is 0 Å². The van der Waals surface area contributed by atoms with Crippen LogP contribution in [0.4, 0.5) is 0 Å². The maximum absolute atomic E-state index is 12.6. The van der Waals surface area contributed by atoms with Gasteiger partial charge in [-0.05, 0) is 32.1 Å². The molecule has 0 saturated carbocycles. The maximum Gasteiger partial charge on any atom is 0.248 e. The Morgan fingerprint density at radius 1 is 1.26 bits per heavy atom. The van der Waals surface area contributed by atoms with Crippen LogP contribution in [0.25, 0.3) is 0 Å². The SMILES string of the molecule is CCCC(C)CN1C(=O)C(C)(C)NC(=O)C1C(C)C. The predicted octanol–water partition coefficient (Wildman–Crippen LogP) is 2.18. The van der Waals surface area contributed by atoms with Crippen molar-refractivity contribution in [3.8, 4) is 0 Å². The van der Waals surface area contributed by atoms with E-state index in [-0.39, 0.29) is 23.8 Å². The molecule has 4 nitrogen and oxygen atoms in total. The van der Waals surface area contributed by atoms with Gasteiger partial charge in [-0.3, -0.25) is 9.59 Å². The molecule has 0 aromatic rings. The number of amides is 2. The number of rotatable bonds is 5. The van der Waals surface area contributed by atoms with E-state index >= 15 is 0 Å². The third kappa shape index (κ3) is 3.48. The molecule has 1 heterocycles. The van der Waals surface area contributed by atoms with Crippen LogP contribution in [0.5, 0.6) is 0 Å². The summed E-state index contributed by atoms with van der Waals surface area (Å²) < 4.78 is 0. The van der Waals surface area contributed by atoms with Crippen LogP contribution in [0.3, 0.4) is 0 Å². The van der Waals surface area contributed by atoms with Crippen LogP contribution in [0.15, 0.2) is 0 Å². The third-order valence-electron chi connectivity index (χ3n) is 3.76. The number of nitrogens with zero attached hydrogens (tertiary/aromatic N) is 1.